The van der Waals surface area contributed by atoms with Gasteiger partial charge in [-0.1, -0.05) is 66.4 Å². The van der Waals surface area contributed by atoms with Crippen LogP contribution < -0.4 is 22.1 Å². The van der Waals surface area contributed by atoms with Crippen molar-refractivity contribution in [3.05, 3.63) is 114 Å². The van der Waals surface area contributed by atoms with Crippen molar-refractivity contribution in [3.63, 3.8) is 0 Å². The number of nitrogens with two attached hydrogens (primary N) is 2. The number of anilines is 2. The number of benzene rings is 4. The van der Waals surface area contributed by atoms with Gasteiger partial charge in [-0.3, -0.25) is 9.59 Å². The minimum absolute atomic E-state index is 0.000286. The van der Waals surface area contributed by atoms with Crippen LogP contribution in [0.5, 0.6) is 0 Å². The summed E-state index contributed by atoms with van der Waals surface area (Å²) in [5.74, 6) is 0.514. The summed E-state index contributed by atoms with van der Waals surface area (Å²) in [7, 11) is 0. The Hall–Kier alpha value is -3.56. The number of aryl methyl sites for hydroxylation is 2. The lowest BCUT2D eigenvalue weighted by Gasteiger charge is -2.12. The zero-order valence-corrected chi connectivity index (χ0v) is 24.4. The van der Waals surface area contributed by atoms with E-state index in [4.69, 9.17) is 11.5 Å². The van der Waals surface area contributed by atoms with Gasteiger partial charge in [0, 0.05) is 26.1 Å². The van der Waals surface area contributed by atoms with Crippen molar-refractivity contribution in [1.29, 1.82) is 0 Å². The predicted octanol–water partition coefficient (Wildman–Crippen LogP) is 6.49. The molecular weight excluding hydrogens is 537 g/mol. The molecule has 0 aliphatic carbocycles. The van der Waals surface area contributed by atoms with Crippen LogP contribution >= 0.6 is 23.5 Å². The summed E-state index contributed by atoms with van der Waals surface area (Å²) >= 11 is 3.45. The number of para-hydroxylation sites is 1. The average molecular weight is 573 g/mol. The number of hydrogen-bond donors (Lipinski definition) is 4. The highest BCUT2D eigenvalue weighted by Crippen LogP contribution is 2.30. The van der Waals surface area contributed by atoms with Crippen molar-refractivity contribution < 1.29 is 9.59 Å². The van der Waals surface area contributed by atoms with E-state index in [2.05, 4.69) is 48.7 Å². The molecule has 0 aliphatic heterocycles. The first kappa shape index (κ1) is 31.0. The number of nitrogens with one attached hydrogen (secondary N) is 2. The molecule has 0 saturated carbocycles. The lowest BCUT2D eigenvalue weighted by Crippen LogP contribution is -2.36. The monoisotopic (exact) mass is 572 g/mol. The number of amides is 2. The lowest BCUT2D eigenvalue weighted by molar-refractivity contribution is -0.117. The molecule has 40 heavy (non-hydrogen) atoms. The van der Waals surface area contributed by atoms with Crippen molar-refractivity contribution >= 4 is 46.7 Å². The van der Waals surface area contributed by atoms with Crippen LogP contribution in [0.2, 0.25) is 0 Å². The quantitative estimate of drug-likeness (QED) is 0.162. The van der Waals surface area contributed by atoms with E-state index in [9.17, 15) is 9.59 Å². The molecule has 4 aromatic carbocycles. The molecule has 6 nitrogen and oxygen atoms in total. The van der Waals surface area contributed by atoms with Crippen LogP contribution in [0.3, 0.4) is 0 Å². The van der Waals surface area contributed by atoms with Crippen LogP contribution in [0, 0.1) is 13.8 Å². The summed E-state index contributed by atoms with van der Waals surface area (Å²) in [6, 6.07) is 33.1. The third kappa shape index (κ3) is 10.5. The largest absolute Gasteiger partial charge is 0.325 e. The fourth-order valence-electron chi connectivity index (χ4n) is 3.52. The predicted molar refractivity (Wildman–Crippen MR) is 169 cm³/mol. The van der Waals surface area contributed by atoms with Gasteiger partial charge >= 0.3 is 0 Å². The molecule has 1 unspecified atom stereocenters. The molecule has 0 aromatic heterocycles. The Balaban J connectivity index is 0.000000222. The SMILES string of the molecule is Cc1ccccc1SCCC(N)C(=O)Nc1ccccc1.Cc1ccccc1Sc1ccc(NC(=O)CN)cc1. The third-order valence-electron chi connectivity index (χ3n) is 5.80. The van der Waals surface area contributed by atoms with Gasteiger partial charge in [0.15, 0.2) is 0 Å². The van der Waals surface area contributed by atoms with E-state index >= 15 is 0 Å². The average Bonchev–Trinajstić information content (AvgIpc) is 2.97. The highest BCUT2D eigenvalue weighted by Gasteiger charge is 2.13. The van der Waals surface area contributed by atoms with E-state index in [1.807, 2.05) is 78.9 Å². The number of carbonyl (C=O) groups is 2. The molecule has 0 radical (unpaired) electrons. The Morgan fingerprint density at radius 3 is 1.88 bits per heavy atom. The van der Waals surface area contributed by atoms with Crippen molar-refractivity contribution in [3.8, 4) is 0 Å². The lowest BCUT2D eigenvalue weighted by atomic mass is 10.2. The molecule has 4 aromatic rings. The van der Waals surface area contributed by atoms with E-state index in [1.165, 1.54) is 20.9 Å². The second-order valence-electron chi connectivity index (χ2n) is 9.01. The maximum atomic E-state index is 12.0. The van der Waals surface area contributed by atoms with Crippen molar-refractivity contribution in [2.75, 3.05) is 22.9 Å². The first-order chi connectivity index (χ1) is 19.4. The van der Waals surface area contributed by atoms with Gasteiger partial charge in [0.05, 0.1) is 12.6 Å². The molecule has 0 fully saturated rings. The maximum Gasteiger partial charge on any atom is 0.241 e. The molecule has 0 heterocycles. The standard InChI is InChI=1S/C17H20N2OS.C15H16N2OS/c1-13-7-5-6-10-16(13)21-12-11-15(18)17(20)19-14-8-3-2-4-9-14;1-11-4-2-3-5-14(11)19-13-8-6-12(7-9-13)17-15(18)10-16/h2-10,15H,11-12,18H2,1H3,(H,19,20);2-9H,10,16H2,1H3,(H,17,18). The van der Waals surface area contributed by atoms with Crippen LogP contribution in [0.15, 0.2) is 118 Å². The number of hydrogen-bond acceptors (Lipinski definition) is 6. The summed E-state index contributed by atoms with van der Waals surface area (Å²) in [5, 5.41) is 5.55. The molecular formula is C32H36N4O2S2. The van der Waals surface area contributed by atoms with Crippen LogP contribution in [0.4, 0.5) is 11.4 Å². The Kier molecular flexibility index (Phi) is 12.8. The Labute approximate surface area is 245 Å². The van der Waals surface area contributed by atoms with Gasteiger partial charge in [0.25, 0.3) is 0 Å². The van der Waals surface area contributed by atoms with Gasteiger partial charge < -0.3 is 22.1 Å². The van der Waals surface area contributed by atoms with Crippen molar-refractivity contribution in [2.24, 2.45) is 11.5 Å². The van der Waals surface area contributed by atoms with Crippen LogP contribution in [0.25, 0.3) is 0 Å². The van der Waals surface area contributed by atoms with Gasteiger partial charge in [-0.05, 0) is 85.7 Å². The first-order valence-electron chi connectivity index (χ1n) is 13.0. The van der Waals surface area contributed by atoms with Crippen LogP contribution in [-0.4, -0.2) is 30.2 Å². The van der Waals surface area contributed by atoms with Gasteiger partial charge in [0.1, 0.15) is 0 Å². The molecule has 208 valence electrons. The number of rotatable bonds is 10. The van der Waals surface area contributed by atoms with Crippen LogP contribution in [0.1, 0.15) is 17.5 Å². The highest BCUT2D eigenvalue weighted by atomic mass is 32.2. The second-order valence-corrected chi connectivity index (χ2v) is 11.3. The second kappa shape index (κ2) is 16.5. The molecule has 2 amide bonds. The minimum atomic E-state index is -0.485. The summed E-state index contributed by atoms with van der Waals surface area (Å²) in [5.41, 5.74) is 15.3. The Bertz CT molecular complexity index is 1360. The fourth-order valence-corrected chi connectivity index (χ4v) is 5.48. The topological polar surface area (TPSA) is 110 Å². The molecule has 1 atom stereocenters. The molecule has 0 aliphatic rings. The minimum Gasteiger partial charge on any atom is -0.325 e. The highest BCUT2D eigenvalue weighted by molar-refractivity contribution is 7.99. The van der Waals surface area contributed by atoms with E-state index in [-0.39, 0.29) is 18.4 Å². The number of carbonyl (C=O) groups excluding carboxylic acids is 2. The van der Waals surface area contributed by atoms with Crippen LogP contribution in [-0.2, 0) is 9.59 Å². The van der Waals surface area contributed by atoms with E-state index in [0.29, 0.717) is 6.42 Å². The molecule has 6 N–H and O–H groups in total. The normalized spacial score (nSPS) is 11.1. The Morgan fingerprint density at radius 1 is 0.725 bits per heavy atom. The van der Waals surface area contributed by atoms with Gasteiger partial charge in [-0.25, -0.2) is 0 Å². The molecule has 8 heteroatoms. The zero-order chi connectivity index (χ0) is 28.7. The molecule has 4 rings (SSSR count). The van der Waals surface area contributed by atoms with Crippen molar-refractivity contribution in [1.82, 2.24) is 0 Å². The third-order valence-corrected chi connectivity index (χ3v) is 8.20. The first-order valence-corrected chi connectivity index (χ1v) is 14.8. The van der Waals surface area contributed by atoms with E-state index < -0.39 is 6.04 Å². The molecule has 0 bridgehead atoms. The molecule has 0 saturated heterocycles. The van der Waals surface area contributed by atoms with Gasteiger partial charge in [-0.2, -0.15) is 0 Å². The summed E-state index contributed by atoms with van der Waals surface area (Å²) in [6.07, 6.45) is 0.650. The maximum absolute atomic E-state index is 12.0. The summed E-state index contributed by atoms with van der Waals surface area (Å²) in [4.78, 5) is 26.8. The van der Waals surface area contributed by atoms with E-state index in [1.54, 1.807) is 23.5 Å². The summed E-state index contributed by atoms with van der Waals surface area (Å²) < 4.78 is 0. The summed E-state index contributed by atoms with van der Waals surface area (Å²) in [6.45, 7) is 4.18. The van der Waals surface area contributed by atoms with Gasteiger partial charge in [0.2, 0.25) is 11.8 Å². The van der Waals surface area contributed by atoms with E-state index in [0.717, 1.165) is 22.0 Å². The Morgan fingerprint density at radius 2 is 1.27 bits per heavy atom. The fraction of sp³-hybridized carbons (Fsp3) is 0.188. The van der Waals surface area contributed by atoms with Crippen molar-refractivity contribution in [2.45, 2.75) is 41.0 Å². The number of thioether (sulfide) groups is 1. The zero-order valence-electron chi connectivity index (χ0n) is 22.8. The smallest absolute Gasteiger partial charge is 0.241 e. The molecule has 0 spiro atoms. The van der Waals surface area contributed by atoms with Gasteiger partial charge in [-0.15, -0.1) is 11.8 Å².